The third-order valence-electron chi connectivity index (χ3n) is 4.67. The van der Waals surface area contributed by atoms with Gasteiger partial charge >= 0.3 is 0 Å². The molecule has 1 saturated carbocycles. The first-order chi connectivity index (χ1) is 12.0. The maximum atomic E-state index is 12.6. The zero-order chi connectivity index (χ0) is 17.8. The van der Waals surface area contributed by atoms with Gasteiger partial charge in [0.05, 0.1) is 0 Å². The molecule has 0 saturated heterocycles. The second-order valence-electron chi connectivity index (χ2n) is 6.97. The summed E-state index contributed by atoms with van der Waals surface area (Å²) in [4.78, 5) is 21.5. The van der Waals surface area contributed by atoms with Gasteiger partial charge in [-0.05, 0) is 56.9 Å². The zero-order valence-corrected chi connectivity index (χ0v) is 15.2. The van der Waals surface area contributed by atoms with Crippen LogP contribution in [0.2, 0.25) is 0 Å². The molecule has 1 aromatic heterocycles. The van der Waals surface area contributed by atoms with Crippen LogP contribution < -0.4 is 10.6 Å². The number of hydrogen-bond donors (Lipinski definition) is 2. The third-order valence-corrected chi connectivity index (χ3v) is 4.67. The van der Waals surface area contributed by atoms with Crippen molar-refractivity contribution in [1.29, 1.82) is 0 Å². The van der Waals surface area contributed by atoms with Gasteiger partial charge in [0.15, 0.2) is 0 Å². The molecular weight excluding hydrogens is 312 g/mol. The van der Waals surface area contributed by atoms with E-state index in [-0.39, 0.29) is 5.91 Å². The highest BCUT2D eigenvalue weighted by molar-refractivity contribution is 6.03. The summed E-state index contributed by atoms with van der Waals surface area (Å²) in [6.45, 7) is 5.88. The lowest BCUT2D eigenvalue weighted by Crippen LogP contribution is -2.24. The van der Waals surface area contributed by atoms with Gasteiger partial charge in [-0.15, -0.1) is 0 Å². The summed E-state index contributed by atoms with van der Waals surface area (Å²) < 4.78 is 0. The number of aryl methyl sites for hydroxylation is 3. The summed E-state index contributed by atoms with van der Waals surface area (Å²) >= 11 is 0. The number of carbonyl (C=O) groups excluding carboxylic acids is 1. The van der Waals surface area contributed by atoms with Crippen molar-refractivity contribution in [3.05, 3.63) is 46.8 Å². The Hall–Kier alpha value is -2.43. The quantitative estimate of drug-likeness (QED) is 0.867. The highest BCUT2D eigenvalue weighted by Crippen LogP contribution is 2.21. The topological polar surface area (TPSA) is 66.9 Å². The molecule has 0 aliphatic heterocycles. The van der Waals surface area contributed by atoms with Crippen LogP contribution in [0.25, 0.3) is 0 Å². The SMILES string of the molecule is Cc1ccc(C)c(NC(=O)c2cc(C)nc(NC3CCCCC3)n2)c1. The molecule has 0 spiro atoms. The van der Waals surface area contributed by atoms with Gasteiger partial charge in [0, 0.05) is 17.4 Å². The largest absolute Gasteiger partial charge is 0.351 e. The average Bonchev–Trinajstić information content (AvgIpc) is 2.58. The highest BCUT2D eigenvalue weighted by Gasteiger charge is 2.16. The van der Waals surface area contributed by atoms with Crippen molar-refractivity contribution in [2.24, 2.45) is 0 Å². The molecule has 5 heteroatoms. The van der Waals surface area contributed by atoms with Crippen LogP contribution in [-0.4, -0.2) is 21.9 Å². The summed E-state index contributed by atoms with van der Waals surface area (Å²) in [5.74, 6) is 0.351. The van der Waals surface area contributed by atoms with Crippen molar-refractivity contribution in [2.75, 3.05) is 10.6 Å². The number of aromatic nitrogens is 2. The lowest BCUT2D eigenvalue weighted by molar-refractivity contribution is 0.102. The van der Waals surface area contributed by atoms with E-state index in [2.05, 4.69) is 20.6 Å². The number of carbonyl (C=O) groups is 1. The molecule has 132 valence electrons. The monoisotopic (exact) mass is 338 g/mol. The van der Waals surface area contributed by atoms with Crippen LogP contribution in [0, 0.1) is 20.8 Å². The first kappa shape index (κ1) is 17.4. The van der Waals surface area contributed by atoms with Gasteiger partial charge in [-0.3, -0.25) is 4.79 Å². The Morgan fingerprint density at radius 3 is 2.56 bits per heavy atom. The van der Waals surface area contributed by atoms with E-state index in [1.54, 1.807) is 6.07 Å². The number of anilines is 2. The number of nitrogens with one attached hydrogen (secondary N) is 2. The highest BCUT2D eigenvalue weighted by atomic mass is 16.1. The Balaban J connectivity index is 1.76. The summed E-state index contributed by atoms with van der Waals surface area (Å²) in [6.07, 6.45) is 6.06. The van der Waals surface area contributed by atoms with Gasteiger partial charge in [0.25, 0.3) is 5.91 Å². The summed E-state index contributed by atoms with van der Waals surface area (Å²) in [5, 5.41) is 6.37. The van der Waals surface area contributed by atoms with Crippen LogP contribution in [-0.2, 0) is 0 Å². The van der Waals surface area contributed by atoms with Crippen molar-refractivity contribution in [1.82, 2.24) is 9.97 Å². The Morgan fingerprint density at radius 1 is 1.04 bits per heavy atom. The van der Waals surface area contributed by atoms with E-state index in [0.29, 0.717) is 17.7 Å². The number of nitrogens with zero attached hydrogens (tertiary/aromatic N) is 2. The summed E-state index contributed by atoms with van der Waals surface area (Å²) in [5.41, 5.74) is 4.15. The molecule has 1 fully saturated rings. The number of benzene rings is 1. The maximum Gasteiger partial charge on any atom is 0.274 e. The molecular formula is C20H26N4O. The van der Waals surface area contributed by atoms with Gasteiger partial charge in [0.2, 0.25) is 5.95 Å². The lowest BCUT2D eigenvalue weighted by atomic mass is 9.96. The standard InChI is InChI=1S/C20H26N4O/c1-13-9-10-14(2)17(11-13)23-19(25)18-12-15(3)21-20(24-18)22-16-7-5-4-6-8-16/h9-12,16H,4-8H2,1-3H3,(H,23,25)(H,21,22,24). The number of amides is 1. The summed E-state index contributed by atoms with van der Waals surface area (Å²) in [7, 11) is 0. The summed E-state index contributed by atoms with van der Waals surface area (Å²) in [6, 6.07) is 8.15. The van der Waals surface area contributed by atoms with E-state index in [4.69, 9.17) is 0 Å². The fourth-order valence-electron chi connectivity index (χ4n) is 3.24. The normalized spacial score (nSPS) is 15.0. The van der Waals surface area contributed by atoms with Gasteiger partial charge in [-0.1, -0.05) is 31.4 Å². The van der Waals surface area contributed by atoms with Crippen LogP contribution in [0.15, 0.2) is 24.3 Å². The number of hydrogen-bond acceptors (Lipinski definition) is 4. The number of rotatable bonds is 4. The van der Waals surface area contributed by atoms with Crippen molar-refractivity contribution in [2.45, 2.75) is 58.9 Å². The first-order valence-electron chi connectivity index (χ1n) is 9.02. The van der Waals surface area contributed by atoms with Crippen molar-refractivity contribution in [3.63, 3.8) is 0 Å². The van der Waals surface area contributed by atoms with Crippen LogP contribution in [0.1, 0.15) is 59.4 Å². The molecule has 3 rings (SSSR count). The van der Waals surface area contributed by atoms with Gasteiger partial charge in [-0.2, -0.15) is 0 Å². The lowest BCUT2D eigenvalue weighted by Gasteiger charge is -2.23. The molecule has 1 aliphatic carbocycles. The molecule has 1 aliphatic rings. The first-order valence-corrected chi connectivity index (χ1v) is 9.02. The molecule has 0 atom stereocenters. The molecule has 1 heterocycles. The van der Waals surface area contributed by atoms with Crippen LogP contribution in [0.4, 0.5) is 11.6 Å². The van der Waals surface area contributed by atoms with Crippen LogP contribution >= 0.6 is 0 Å². The fourth-order valence-corrected chi connectivity index (χ4v) is 3.24. The molecule has 5 nitrogen and oxygen atoms in total. The van der Waals surface area contributed by atoms with E-state index in [0.717, 1.165) is 35.3 Å². The zero-order valence-electron chi connectivity index (χ0n) is 15.2. The van der Waals surface area contributed by atoms with Crippen molar-refractivity contribution >= 4 is 17.5 Å². The van der Waals surface area contributed by atoms with E-state index in [1.807, 2.05) is 39.0 Å². The van der Waals surface area contributed by atoms with Gasteiger partial charge < -0.3 is 10.6 Å². The Kier molecular flexibility index (Phi) is 5.31. The molecule has 2 N–H and O–H groups in total. The Morgan fingerprint density at radius 2 is 1.80 bits per heavy atom. The molecule has 0 radical (unpaired) electrons. The molecule has 0 bridgehead atoms. The predicted molar refractivity (Wildman–Crippen MR) is 101 cm³/mol. The smallest absolute Gasteiger partial charge is 0.274 e. The van der Waals surface area contributed by atoms with E-state index in [1.165, 1.54) is 19.3 Å². The predicted octanol–water partition coefficient (Wildman–Crippen LogP) is 4.40. The molecule has 0 unspecified atom stereocenters. The molecule has 2 aromatic rings. The average molecular weight is 338 g/mol. The van der Waals surface area contributed by atoms with E-state index >= 15 is 0 Å². The third kappa shape index (κ3) is 4.56. The Labute approximate surface area is 149 Å². The van der Waals surface area contributed by atoms with Gasteiger partial charge in [0.1, 0.15) is 5.69 Å². The minimum absolute atomic E-state index is 0.203. The van der Waals surface area contributed by atoms with E-state index in [9.17, 15) is 4.79 Å². The minimum Gasteiger partial charge on any atom is -0.351 e. The molecule has 1 aromatic carbocycles. The molecule has 1 amide bonds. The van der Waals surface area contributed by atoms with Crippen LogP contribution in [0.3, 0.4) is 0 Å². The second kappa shape index (κ2) is 7.64. The van der Waals surface area contributed by atoms with Gasteiger partial charge in [-0.25, -0.2) is 9.97 Å². The van der Waals surface area contributed by atoms with Crippen LogP contribution in [0.5, 0.6) is 0 Å². The Bertz CT molecular complexity index is 766. The van der Waals surface area contributed by atoms with Crippen molar-refractivity contribution < 1.29 is 4.79 Å². The van der Waals surface area contributed by atoms with Crippen molar-refractivity contribution in [3.8, 4) is 0 Å². The molecule has 25 heavy (non-hydrogen) atoms. The second-order valence-corrected chi connectivity index (χ2v) is 6.97. The fraction of sp³-hybridized carbons (Fsp3) is 0.450. The van der Waals surface area contributed by atoms with E-state index < -0.39 is 0 Å². The minimum atomic E-state index is -0.203. The maximum absolute atomic E-state index is 12.6.